The monoisotopic (exact) mass is 219 g/mol. The highest BCUT2D eigenvalue weighted by Crippen LogP contribution is 2.23. The van der Waals surface area contributed by atoms with Gasteiger partial charge in [-0.15, -0.1) is 0 Å². The second-order valence-electron chi connectivity index (χ2n) is 2.48. The highest BCUT2D eigenvalue weighted by Gasteiger charge is 2.17. The van der Waals surface area contributed by atoms with Crippen LogP contribution in [0.2, 0.25) is 10.0 Å². The zero-order valence-corrected chi connectivity index (χ0v) is 8.39. The number of benzene rings is 1. The van der Waals surface area contributed by atoms with Crippen LogP contribution in [0, 0.1) is 0 Å². The minimum atomic E-state index is -1.59. The van der Waals surface area contributed by atoms with Gasteiger partial charge in [0.15, 0.2) is 0 Å². The van der Waals surface area contributed by atoms with Crippen molar-refractivity contribution in [3.8, 4) is 0 Å². The Hall–Kier alpha value is -0.415. The molecule has 0 atom stereocenters. The molecule has 0 amide bonds. The van der Waals surface area contributed by atoms with Crippen molar-refractivity contribution in [1.82, 2.24) is 0 Å². The van der Waals surface area contributed by atoms with Crippen molar-refractivity contribution >= 4 is 41.5 Å². The van der Waals surface area contributed by atoms with E-state index in [9.17, 15) is 0 Å². The maximum absolute atomic E-state index is 8.92. The van der Waals surface area contributed by atoms with Crippen molar-refractivity contribution in [2.75, 3.05) is 12.4 Å². The van der Waals surface area contributed by atoms with Gasteiger partial charge < -0.3 is 15.4 Å². The predicted octanol–water partition coefficient (Wildman–Crippen LogP) is 0.715. The number of hydrogen-bond donors (Lipinski definition) is 3. The summed E-state index contributed by atoms with van der Waals surface area (Å²) in [4.78, 5) is 0. The molecule has 0 aliphatic rings. The fourth-order valence-corrected chi connectivity index (χ4v) is 1.53. The third-order valence-corrected chi connectivity index (χ3v) is 2.27. The normalized spacial score (nSPS) is 9.92. The SMILES string of the molecule is CNc1cc(B(O)O)c(Cl)cc1Cl. The molecule has 13 heavy (non-hydrogen) atoms. The van der Waals surface area contributed by atoms with Crippen molar-refractivity contribution in [3.63, 3.8) is 0 Å². The molecule has 1 aromatic rings. The second-order valence-corrected chi connectivity index (χ2v) is 3.29. The van der Waals surface area contributed by atoms with Crippen LogP contribution in [0.3, 0.4) is 0 Å². The summed E-state index contributed by atoms with van der Waals surface area (Å²) in [7, 11) is 0.0970. The number of halogens is 2. The van der Waals surface area contributed by atoms with Crippen LogP contribution in [-0.4, -0.2) is 24.2 Å². The molecule has 3 N–H and O–H groups in total. The highest BCUT2D eigenvalue weighted by molar-refractivity contribution is 6.63. The van der Waals surface area contributed by atoms with Crippen LogP contribution in [-0.2, 0) is 0 Å². The summed E-state index contributed by atoms with van der Waals surface area (Å²) in [5.41, 5.74) is 0.838. The standard InChI is InChI=1S/C7H8BCl2NO2/c1-11-7-2-4(8(12)13)5(9)3-6(7)10/h2-3,11-13H,1H3. The Labute approximate surface area is 86.4 Å². The van der Waals surface area contributed by atoms with Gasteiger partial charge in [0.25, 0.3) is 0 Å². The van der Waals surface area contributed by atoms with Crippen molar-refractivity contribution in [3.05, 3.63) is 22.2 Å². The van der Waals surface area contributed by atoms with E-state index < -0.39 is 7.12 Å². The first-order valence-electron chi connectivity index (χ1n) is 3.59. The number of rotatable bonds is 2. The van der Waals surface area contributed by atoms with E-state index in [-0.39, 0.29) is 10.5 Å². The molecule has 0 saturated heterocycles. The summed E-state index contributed by atoms with van der Waals surface area (Å²) >= 11 is 11.5. The molecule has 0 aromatic heterocycles. The molecule has 0 saturated carbocycles. The first kappa shape index (κ1) is 10.7. The van der Waals surface area contributed by atoms with E-state index in [4.69, 9.17) is 33.2 Å². The molecule has 0 spiro atoms. The Kier molecular flexibility index (Phi) is 3.44. The molecule has 0 fully saturated rings. The van der Waals surface area contributed by atoms with Gasteiger partial charge in [-0.25, -0.2) is 0 Å². The Bertz CT molecular complexity index is 320. The molecule has 0 aliphatic heterocycles. The van der Waals surface area contributed by atoms with Crippen LogP contribution in [0.4, 0.5) is 5.69 Å². The molecule has 1 aromatic carbocycles. The largest absolute Gasteiger partial charge is 0.490 e. The summed E-state index contributed by atoms with van der Waals surface area (Å²) in [5, 5.41) is 21.3. The first-order valence-corrected chi connectivity index (χ1v) is 4.34. The lowest BCUT2D eigenvalue weighted by molar-refractivity contribution is 0.426. The van der Waals surface area contributed by atoms with Crippen LogP contribution in [0.5, 0.6) is 0 Å². The summed E-state index contributed by atoms with van der Waals surface area (Å²) in [5.74, 6) is 0. The van der Waals surface area contributed by atoms with Gasteiger partial charge in [0.05, 0.1) is 10.7 Å². The van der Waals surface area contributed by atoms with E-state index >= 15 is 0 Å². The third-order valence-electron chi connectivity index (χ3n) is 1.63. The first-order chi connectivity index (χ1) is 6.06. The minimum Gasteiger partial charge on any atom is -0.423 e. The zero-order chi connectivity index (χ0) is 10.0. The number of nitrogens with one attached hydrogen (secondary N) is 1. The van der Waals surface area contributed by atoms with E-state index in [1.807, 2.05) is 0 Å². The third kappa shape index (κ3) is 2.28. The van der Waals surface area contributed by atoms with E-state index in [0.29, 0.717) is 10.7 Å². The Morgan fingerprint density at radius 3 is 2.31 bits per heavy atom. The average Bonchev–Trinajstić information content (AvgIpc) is 2.03. The van der Waals surface area contributed by atoms with E-state index in [2.05, 4.69) is 5.32 Å². The summed E-state index contributed by atoms with van der Waals surface area (Å²) in [6.45, 7) is 0. The van der Waals surface area contributed by atoms with Crippen molar-refractivity contribution < 1.29 is 10.0 Å². The van der Waals surface area contributed by atoms with E-state index in [1.54, 1.807) is 7.05 Å². The lowest BCUT2D eigenvalue weighted by atomic mass is 9.80. The van der Waals surface area contributed by atoms with Gasteiger partial charge in [-0.2, -0.15) is 0 Å². The van der Waals surface area contributed by atoms with Crippen molar-refractivity contribution in [2.45, 2.75) is 0 Å². The predicted molar refractivity (Wildman–Crippen MR) is 55.8 cm³/mol. The number of hydrogen-bond acceptors (Lipinski definition) is 3. The molecule has 0 bridgehead atoms. The molecule has 0 heterocycles. The summed E-state index contributed by atoms with van der Waals surface area (Å²) < 4.78 is 0. The van der Waals surface area contributed by atoms with E-state index in [0.717, 1.165) is 0 Å². The molecule has 6 heteroatoms. The molecular formula is C7H8BCl2NO2. The fraction of sp³-hybridized carbons (Fsp3) is 0.143. The summed E-state index contributed by atoms with van der Waals surface area (Å²) in [6.07, 6.45) is 0. The Morgan fingerprint density at radius 1 is 1.23 bits per heavy atom. The molecule has 0 aliphatic carbocycles. The fourth-order valence-electron chi connectivity index (χ4n) is 0.955. The van der Waals surface area contributed by atoms with Gasteiger partial charge in [-0.3, -0.25) is 0 Å². The minimum absolute atomic E-state index is 0.232. The maximum atomic E-state index is 8.92. The maximum Gasteiger partial charge on any atom is 0.490 e. The van der Waals surface area contributed by atoms with Gasteiger partial charge in [0, 0.05) is 17.5 Å². The zero-order valence-electron chi connectivity index (χ0n) is 6.88. The average molecular weight is 220 g/mol. The lowest BCUT2D eigenvalue weighted by Gasteiger charge is -2.08. The van der Waals surface area contributed by atoms with Crippen LogP contribution in [0.1, 0.15) is 0 Å². The van der Waals surface area contributed by atoms with Crippen LogP contribution in [0.15, 0.2) is 12.1 Å². The lowest BCUT2D eigenvalue weighted by Crippen LogP contribution is -2.31. The molecule has 70 valence electrons. The smallest absolute Gasteiger partial charge is 0.423 e. The summed E-state index contributed by atoms with van der Waals surface area (Å²) in [6, 6.07) is 2.96. The van der Waals surface area contributed by atoms with Crippen LogP contribution < -0.4 is 10.8 Å². The quantitative estimate of drug-likeness (QED) is 0.643. The van der Waals surface area contributed by atoms with Gasteiger partial charge in [-0.05, 0) is 12.1 Å². The molecule has 0 radical (unpaired) electrons. The topological polar surface area (TPSA) is 52.5 Å². The van der Waals surface area contributed by atoms with Gasteiger partial charge in [-0.1, -0.05) is 23.2 Å². The molecule has 3 nitrogen and oxygen atoms in total. The van der Waals surface area contributed by atoms with Gasteiger partial charge in [0.1, 0.15) is 0 Å². The molecule has 0 unspecified atom stereocenters. The highest BCUT2D eigenvalue weighted by atomic mass is 35.5. The van der Waals surface area contributed by atoms with Crippen LogP contribution in [0.25, 0.3) is 0 Å². The van der Waals surface area contributed by atoms with Crippen LogP contribution >= 0.6 is 23.2 Å². The Morgan fingerprint density at radius 2 is 1.85 bits per heavy atom. The van der Waals surface area contributed by atoms with Crippen molar-refractivity contribution in [1.29, 1.82) is 0 Å². The van der Waals surface area contributed by atoms with Gasteiger partial charge in [0.2, 0.25) is 0 Å². The van der Waals surface area contributed by atoms with E-state index in [1.165, 1.54) is 12.1 Å². The Balaban J connectivity index is 3.22. The van der Waals surface area contributed by atoms with Crippen molar-refractivity contribution in [2.24, 2.45) is 0 Å². The molecular weight excluding hydrogens is 212 g/mol. The number of anilines is 1. The molecule has 1 rings (SSSR count). The second kappa shape index (κ2) is 4.20. The van der Waals surface area contributed by atoms with Gasteiger partial charge >= 0.3 is 7.12 Å².